The Hall–Kier alpha value is -1.78. The Kier molecular flexibility index (Phi) is 6.68. The number of benzene rings is 2. The fourth-order valence-corrected chi connectivity index (χ4v) is 3.07. The van der Waals surface area contributed by atoms with E-state index in [1.807, 2.05) is 57.4 Å². The van der Waals surface area contributed by atoms with Crippen molar-refractivity contribution in [1.82, 2.24) is 4.90 Å². The van der Waals surface area contributed by atoms with Crippen LogP contribution in [0, 0.1) is 0 Å². The van der Waals surface area contributed by atoms with Crippen molar-refractivity contribution in [2.24, 2.45) is 0 Å². The van der Waals surface area contributed by atoms with Crippen molar-refractivity contribution < 1.29 is 4.79 Å². The molecule has 0 radical (unpaired) electrons. The largest absolute Gasteiger partial charge is 0.325 e. The highest BCUT2D eigenvalue weighted by Gasteiger charge is 2.15. The quantitative estimate of drug-likeness (QED) is 0.833. The van der Waals surface area contributed by atoms with E-state index >= 15 is 0 Å². The summed E-state index contributed by atoms with van der Waals surface area (Å²) in [4.78, 5) is 14.5. The summed E-state index contributed by atoms with van der Waals surface area (Å²) in [6, 6.07) is 18.2. The normalized spacial score (nSPS) is 12.2. The Balaban J connectivity index is 1.93. The Morgan fingerprint density at radius 1 is 1.09 bits per heavy atom. The zero-order valence-electron chi connectivity index (χ0n) is 14.0. The lowest BCUT2D eigenvalue weighted by Gasteiger charge is -2.17. The molecule has 0 saturated heterocycles. The minimum Gasteiger partial charge on any atom is -0.325 e. The van der Waals surface area contributed by atoms with Crippen molar-refractivity contribution in [3.05, 3.63) is 65.7 Å². The van der Waals surface area contributed by atoms with Gasteiger partial charge in [0, 0.05) is 18.0 Å². The van der Waals surface area contributed by atoms with Gasteiger partial charge in [0.05, 0.1) is 5.25 Å². The standard InChI is InChI=1S/C19H24N2OS/c1-15(23-14-16-9-5-4-6-10-16)19(22)20-18-12-8-7-11-17(18)13-21(2)3/h4-12,15H,13-14H2,1-3H3,(H,20,22)/t15-/m0/s1. The molecule has 0 aliphatic carbocycles. The van der Waals surface area contributed by atoms with E-state index in [-0.39, 0.29) is 11.2 Å². The molecule has 2 rings (SSSR count). The van der Waals surface area contributed by atoms with Crippen LogP contribution in [0.1, 0.15) is 18.1 Å². The molecule has 1 amide bonds. The fraction of sp³-hybridized carbons (Fsp3) is 0.316. The number of hydrogen-bond acceptors (Lipinski definition) is 3. The number of hydrogen-bond donors (Lipinski definition) is 1. The van der Waals surface area contributed by atoms with Crippen LogP contribution < -0.4 is 5.32 Å². The zero-order chi connectivity index (χ0) is 16.7. The van der Waals surface area contributed by atoms with Crippen LogP contribution in [-0.2, 0) is 17.1 Å². The van der Waals surface area contributed by atoms with Gasteiger partial charge in [-0.1, -0.05) is 48.5 Å². The molecule has 1 atom stereocenters. The van der Waals surface area contributed by atoms with E-state index in [1.165, 1.54) is 5.56 Å². The number of para-hydroxylation sites is 1. The van der Waals surface area contributed by atoms with E-state index in [4.69, 9.17) is 0 Å². The summed E-state index contributed by atoms with van der Waals surface area (Å²) < 4.78 is 0. The third-order valence-corrected chi connectivity index (χ3v) is 4.69. The maximum atomic E-state index is 12.4. The zero-order valence-corrected chi connectivity index (χ0v) is 14.8. The average Bonchev–Trinajstić information content (AvgIpc) is 2.55. The van der Waals surface area contributed by atoms with Crippen LogP contribution in [0.2, 0.25) is 0 Å². The maximum absolute atomic E-state index is 12.4. The number of nitrogens with zero attached hydrogens (tertiary/aromatic N) is 1. The summed E-state index contributed by atoms with van der Waals surface area (Å²) >= 11 is 1.65. The molecule has 2 aromatic carbocycles. The number of anilines is 1. The van der Waals surface area contributed by atoms with Gasteiger partial charge < -0.3 is 10.2 Å². The minimum absolute atomic E-state index is 0.0529. The maximum Gasteiger partial charge on any atom is 0.237 e. The molecule has 0 saturated carbocycles. The van der Waals surface area contributed by atoms with Crippen LogP contribution >= 0.6 is 11.8 Å². The van der Waals surface area contributed by atoms with Gasteiger partial charge in [0.1, 0.15) is 0 Å². The Labute approximate surface area is 143 Å². The molecule has 0 fully saturated rings. The van der Waals surface area contributed by atoms with Crippen LogP contribution in [0.25, 0.3) is 0 Å². The molecule has 0 aromatic heterocycles. The molecular formula is C19H24N2OS. The number of thioether (sulfide) groups is 1. The summed E-state index contributed by atoms with van der Waals surface area (Å²) in [5, 5.41) is 2.97. The van der Waals surface area contributed by atoms with Gasteiger partial charge in [0.15, 0.2) is 0 Å². The molecule has 0 unspecified atom stereocenters. The third-order valence-electron chi connectivity index (χ3n) is 3.47. The highest BCUT2D eigenvalue weighted by molar-refractivity contribution is 7.99. The van der Waals surface area contributed by atoms with E-state index in [1.54, 1.807) is 11.8 Å². The Morgan fingerprint density at radius 2 is 1.74 bits per heavy atom. The lowest BCUT2D eigenvalue weighted by Crippen LogP contribution is -2.24. The average molecular weight is 328 g/mol. The number of carbonyl (C=O) groups excluding carboxylic acids is 1. The van der Waals surface area contributed by atoms with Crippen molar-refractivity contribution >= 4 is 23.4 Å². The van der Waals surface area contributed by atoms with Gasteiger partial charge in [-0.3, -0.25) is 4.79 Å². The van der Waals surface area contributed by atoms with Gasteiger partial charge >= 0.3 is 0 Å². The first-order valence-corrected chi connectivity index (χ1v) is 8.80. The summed E-state index contributed by atoms with van der Waals surface area (Å²) in [6.07, 6.45) is 0. The van der Waals surface area contributed by atoms with Crippen molar-refractivity contribution in [3.63, 3.8) is 0 Å². The lowest BCUT2D eigenvalue weighted by atomic mass is 10.1. The van der Waals surface area contributed by atoms with Crippen molar-refractivity contribution in [3.8, 4) is 0 Å². The van der Waals surface area contributed by atoms with E-state index < -0.39 is 0 Å². The molecular weight excluding hydrogens is 304 g/mol. The summed E-state index contributed by atoms with van der Waals surface area (Å²) in [5.41, 5.74) is 3.27. The molecule has 23 heavy (non-hydrogen) atoms. The van der Waals surface area contributed by atoms with E-state index in [9.17, 15) is 4.79 Å². The number of amides is 1. The van der Waals surface area contributed by atoms with E-state index in [0.29, 0.717) is 0 Å². The van der Waals surface area contributed by atoms with Gasteiger partial charge in [-0.15, -0.1) is 11.8 Å². The van der Waals surface area contributed by atoms with Crippen molar-refractivity contribution in [1.29, 1.82) is 0 Å². The molecule has 0 aliphatic rings. The molecule has 4 heteroatoms. The molecule has 0 aliphatic heterocycles. The van der Waals surface area contributed by atoms with Gasteiger partial charge in [-0.2, -0.15) is 0 Å². The molecule has 0 spiro atoms. The van der Waals surface area contributed by atoms with Gasteiger partial charge in [0.25, 0.3) is 0 Å². The van der Waals surface area contributed by atoms with E-state index in [2.05, 4.69) is 28.4 Å². The minimum atomic E-state index is -0.0948. The van der Waals surface area contributed by atoms with Crippen molar-refractivity contribution in [2.45, 2.75) is 24.5 Å². The monoisotopic (exact) mass is 328 g/mol. The lowest BCUT2D eigenvalue weighted by molar-refractivity contribution is -0.115. The predicted molar refractivity (Wildman–Crippen MR) is 99.7 cm³/mol. The second kappa shape index (κ2) is 8.75. The summed E-state index contributed by atoms with van der Waals surface area (Å²) in [5.74, 6) is 0.895. The van der Waals surface area contributed by atoms with Crippen LogP contribution in [0.5, 0.6) is 0 Å². The van der Waals surface area contributed by atoms with Crippen molar-refractivity contribution in [2.75, 3.05) is 19.4 Å². The third kappa shape index (κ3) is 5.73. The van der Waals surface area contributed by atoms with Gasteiger partial charge in [-0.05, 0) is 38.2 Å². The molecule has 0 bridgehead atoms. The number of nitrogens with one attached hydrogen (secondary N) is 1. The Morgan fingerprint density at radius 3 is 2.43 bits per heavy atom. The SMILES string of the molecule is C[C@H](SCc1ccccc1)C(=O)Nc1ccccc1CN(C)C. The first-order chi connectivity index (χ1) is 11.1. The second-order valence-electron chi connectivity index (χ2n) is 5.82. The van der Waals surface area contributed by atoms with Gasteiger partial charge in [-0.25, -0.2) is 0 Å². The van der Waals surface area contributed by atoms with Crippen LogP contribution in [-0.4, -0.2) is 30.2 Å². The predicted octanol–water partition coefficient (Wildman–Crippen LogP) is 4.01. The highest BCUT2D eigenvalue weighted by atomic mass is 32.2. The van der Waals surface area contributed by atoms with Crippen LogP contribution in [0.15, 0.2) is 54.6 Å². The fourth-order valence-electron chi connectivity index (χ4n) is 2.23. The first kappa shape index (κ1) is 17.6. The number of carbonyl (C=O) groups is 1. The number of rotatable bonds is 7. The van der Waals surface area contributed by atoms with Gasteiger partial charge in [0.2, 0.25) is 5.91 Å². The summed E-state index contributed by atoms with van der Waals surface area (Å²) in [6.45, 7) is 2.76. The first-order valence-electron chi connectivity index (χ1n) is 7.75. The summed E-state index contributed by atoms with van der Waals surface area (Å²) in [7, 11) is 4.05. The topological polar surface area (TPSA) is 32.3 Å². The van der Waals surface area contributed by atoms with Crippen LogP contribution in [0.4, 0.5) is 5.69 Å². The molecule has 2 aromatic rings. The molecule has 3 nitrogen and oxygen atoms in total. The molecule has 1 N–H and O–H groups in total. The smallest absolute Gasteiger partial charge is 0.237 e. The molecule has 0 heterocycles. The molecule has 122 valence electrons. The second-order valence-corrected chi connectivity index (χ2v) is 7.15. The van der Waals surface area contributed by atoms with Crippen LogP contribution in [0.3, 0.4) is 0 Å². The highest BCUT2D eigenvalue weighted by Crippen LogP contribution is 2.21. The Bertz CT molecular complexity index is 628. The van der Waals surface area contributed by atoms with E-state index in [0.717, 1.165) is 23.5 Å².